The van der Waals surface area contributed by atoms with E-state index in [1.54, 1.807) is 39.0 Å². The van der Waals surface area contributed by atoms with Gasteiger partial charge in [0, 0.05) is 24.1 Å². The number of esters is 1. The van der Waals surface area contributed by atoms with Crippen LogP contribution in [-0.4, -0.2) is 47.5 Å². The summed E-state index contributed by atoms with van der Waals surface area (Å²) in [5.74, 6) is -1.25. The Morgan fingerprint density at radius 2 is 1.89 bits per heavy atom. The van der Waals surface area contributed by atoms with Gasteiger partial charge in [-0.15, -0.1) is 0 Å². The van der Waals surface area contributed by atoms with Crippen molar-refractivity contribution in [3.8, 4) is 11.8 Å². The van der Waals surface area contributed by atoms with Crippen molar-refractivity contribution in [2.24, 2.45) is 5.41 Å². The maximum Gasteiger partial charge on any atom is 0.417 e. The van der Waals surface area contributed by atoms with Crippen LogP contribution < -0.4 is 4.74 Å². The van der Waals surface area contributed by atoms with Crippen molar-refractivity contribution < 1.29 is 37.2 Å². The summed E-state index contributed by atoms with van der Waals surface area (Å²) in [6.07, 6.45) is -5.80. The average Bonchev–Trinajstić information content (AvgIpc) is 3.02. The highest BCUT2D eigenvalue weighted by atomic mass is 19.4. The Labute approximate surface area is 205 Å². The number of ether oxygens (including phenoxy) is 2. The number of amides is 1. The van der Waals surface area contributed by atoms with Gasteiger partial charge in [0.15, 0.2) is 6.10 Å². The number of carbonyl (C=O) groups is 2. The van der Waals surface area contributed by atoms with Crippen LogP contribution in [0, 0.1) is 26.9 Å². The molecule has 0 aliphatic carbocycles. The Bertz CT molecular complexity index is 1150. The molecule has 1 atom stereocenters. The first-order valence-electron chi connectivity index (χ1n) is 10.7. The average molecular weight is 507 g/mol. The first-order valence-corrected chi connectivity index (χ1v) is 10.7. The lowest BCUT2D eigenvalue weighted by Crippen LogP contribution is -2.38. The van der Waals surface area contributed by atoms with E-state index in [-0.39, 0.29) is 31.1 Å². The third-order valence-corrected chi connectivity index (χ3v) is 5.11. The molecule has 192 valence electrons. The van der Waals surface area contributed by atoms with Gasteiger partial charge in [0.2, 0.25) is 0 Å². The summed E-state index contributed by atoms with van der Waals surface area (Å²) in [6.45, 7) is 5.19. The molecule has 1 saturated heterocycles. The van der Waals surface area contributed by atoms with Gasteiger partial charge in [-0.3, -0.25) is 19.7 Å². The summed E-state index contributed by atoms with van der Waals surface area (Å²) < 4.78 is 49.7. The second-order valence-corrected chi connectivity index (χ2v) is 8.40. The molecule has 1 fully saturated rings. The highest BCUT2D eigenvalue weighted by Gasteiger charge is 2.49. The quantitative estimate of drug-likeness (QED) is 0.324. The van der Waals surface area contributed by atoms with Crippen molar-refractivity contribution in [2.45, 2.75) is 33.1 Å². The maximum absolute atomic E-state index is 13.1. The van der Waals surface area contributed by atoms with E-state index in [1.807, 2.05) is 0 Å². The Hall–Kier alpha value is -4.14. The van der Waals surface area contributed by atoms with Crippen LogP contribution in [-0.2, 0) is 20.5 Å². The second kappa shape index (κ2) is 11.5. The number of para-hydroxylation sites is 1. The number of hydrogen-bond donors (Lipinski definition) is 0. The first kappa shape index (κ1) is 28.1. The van der Waals surface area contributed by atoms with Gasteiger partial charge in [-0.05, 0) is 25.1 Å². The highest BCUT2D eigenvalue weighted by molar-refractivity contribution is 5.88. The van der Waals surface area contributed by atoms with Gasteiger partial charge in [-0.25, -0.2) is 0 Å². The molecule has 3 rings (SSSR count). The zero-order valence-electron chi connectivity index (χ0n) is 19.7. The molecule has 9 nitrogen and oxygen atoms in total. The summed E-state index contributed by atoms with van der Waals surface area (Å²) in [7, 11) is 0. The van der Waals surface area contributed by atoms with Crippen LogP contribution in [0.2, 0.25) is 0 Å². The number of carbonyl (C=O) groups excluding carboxylic acids is 2. The molecule has 0 saturated carbocycles. The SMILES string of the molecule is CCOC(=O)CN1CC(C)(C)C(Oc2ccc(C#N)c(C(F)(F)F)c2)C1=O.O=[N+]([O-])c1ccccc1. The van der Waals surface area contributed by atoms with Gasteiger partial charge in [0.25, 0.3) is 11.6 Å². The predicted molar refractivity (Wildman–Crippen MR) is 121 cm³/mol. The number of nitrogens with zero attached hydrogens (tertiary/aromatic N) is 3. The van der Waals surface area contributed by atoms with Crippen molar-refractivity contribution in [3.63, 3.8) is 0 Å². The second-order valence-electron chi connectivity index (χ2n) is 8.40. The van der Waals surface area contributed by atoms with Gasteiger partial charge in [-0.1, -0.05) is 32.0 Å². The van der Waals surface area contributed by atoms with E-state index in [2.05, 4.69) is 0 Å². The molecule has 1 unspecified atom stereocenters. The van der Waals surface area contributed by atoms with Crippen LogP contribution in [0.1, 0.15) is 31.9 Å². The molecule has 0 radical (unpaired) electrons. The topological polar surface area (TPSA) is 123 Å². The Morgan fingerprint density at radius 1 is 1.25 bits per heavy atom. The largest absolute Gasteiger partial charge is 0.480 e. The standard InChI is InChI=1S/C18H19F3N2O4.C6H5NO2/c1-4-26-14(24)9-23-10-17(2,3)15(16(23)25)27-12-6-5-11(8-22)13(7-12)18(19,20)21;8-7(9)6-4-2-1-3-5-6/h5-7,15H,4,9-10H2,1-3H3;1-5H. The zero-order chi connectivity index (χ0) is 27.1. The van der Waals surface area contributed by atoms with Gasteiger partial charge in [-0.2, -0.15) is 18.4 Å². The van der Waals surface area contributed by atoms with Crippen LogP contribution in [0.5, 0.6) is 5.75 Å². The molecule has 0 aromatic heterocycles. The summed E-state index contributed by atoms with van der Waals surface area (Å²) in [4.78, 5) is 35.1. The predicted octanol–water partition coefficient (Wildman–Crippen LogP) is 4.35. The minimum atomic E-state index is -4.73. The maximum atomic E-state index is 13.1. The number of nitro groups is 1. The van der Waals surface area contributed by atoms with Gasteiger partial charge < -0.3 is 14.4 Å². The smallest absolute Gasteiger partial charge is 0.417 e. The number of alkyl halides is 3. The van der Waals surface area contributed by atoms with E-state index in [4.69, 9.17) is 14.7 Å². The number of halogens is 3. The molecule has 0 bridgehead atoms. The summed E-state index contributed by atoms with van der Waals surface area (Å²) in [5, 5.41) is 18.9. The monoisotopic (exact) mass is 507 g/mol. The summed E-state index contributed by atoms with van der Waals surface area (Å²) in [6, 6.07) is 12.3. The lowest BCUT2D eigenvalue weighted by molar-refractivity contribution is -0.384. The molecular formula is C24H24F3N3O6. The summed E-state index contributed by atoms with van der Waals surface area (Å²) in [5.41, 5.74) is -2.27. The van der Waals surface area contributed by atoms with E-state index >= 15 is 0 Å². The fourth-order valence-electron chi connectivity index (χ4n) is 3.47. The van der Waals surface area contributed by atoms with E-state index < -0.39 is 45.6 Å². The number of nitriles is 1. The van der Waals surface area contributed by atoms with Crippen molar-refractivity contribution in [3.05, 3.63) is 69.8 Å². The number of rotatable bonds is 6. The third-order valence-electron chi connectivity index (χ3n) is 5.11. The Morgan fingerprint density at radius 3 is 2.39 bits per heavy atom. The molecule has 1 heterocycles. The third kappa shape index (κ3) is 7.18. The fraction of sp³-hybridized carbons (Fsp3) is 0.375. The van der Waals surface area contributed by atoms with Crippen molar-refractivity contribution in [1.82, 2.24) is 4.90 Å². The van der Waals surface area contributed by atoms with Crippen LogP contribution in [0.4, 0.5) is 18.9 Å². The Balaban J connectivity index is 0.000000425. The molecule has 1 amide bonds. The number of hydrogen-bond acceptors (Lipinski definition) is 7. The molecular weight excluding hydrogens is 483 g/mol. The number of likely N-dealkylation sites (tertiary alicyclic amines) is 1. The van der Waals surface area contributed by atoms with Gasteiger partial charge in [0.05, 0.1) is 28.7 Å². The van der Waals surface area contributed by atoms with Crippen LogP contribution in [0.25, 0.3) is 0 Å². The fourth-order valence-corrected chi connectivity index (χ4v) is 3.47. The molecule has 1 aliphatic rings. The van der Waals surface area contributed by atoms with Gasteiger partial charge >= 0.3 is 12.1 Å². The molecule has 36 heavy (non-hydrogen) atoms. The number of benzene rings is 2. The molecule has 1 aliphatic heterocycles. The highest BCUT2D eigenvalue weighted by Crippen LogP contribution is 2.37. The molecule has 0 spiro atoms. The molecule has 2 aromatic carbocycles. The lowest BCUT2D eigenvalue weighted by atomic mass is 9.89. The van der Waals surface area contributed by atoms with E-state index in [1.165, 1.54) is 29.2 Å². The van der Waals surface area contributed by atoms with Crippen LogP contribution >= 0.6 is 0 Å². The number of non-ortho nitro benzene ring substituents is 1. The Kier molecular flexibility index (Phi) is 9.00. The van der Waals surface area contributed by atoms with Crippen molar-refractivity contribution in [1.29, 1.82) is 5.26 Å². The minimum absolute atomic E-state index is 0.137. The number of nitro benzene ring substituents is 1. The zero-order valence-corrected chi connectivity index (χ0v) is 19.7. The van der Waals surface area contributed by atoms with E-state index in [0.29, 0.717) is 6.07 Å². The van der Waals surface area contributed by atoms with Crippen molar-refractivity contribution >= 4 is 17.6 Å². The first-order chi connectivity index (χ1) is 16.8. The van der Waals surface area contributed by atoms with Crippen molar-refractivity contribution in [2.75, 3.05) is 19.7 Å². The lowest BCUT2D eigenvalue weighted by Gasteiger charge is -2.24. The van der Waals surface area contributed by atoms with E-state index in [0.717, 1.165) is 6.07 Å². The molecule has 12 heteroatoms. The molecule has 0 N–H and O–H groups in total. The minimum Gasteiger partial charge on any atom is -0.480 e. The normalized spacial score (nSPS) is 16.4. The molecule has 2 aromatic rings. The van der Waals surface area contributed by atoms with E-state index in [9.17, 15) is 32.9 Å². The summed E-state index contributed by atoms with van der Waals surface area (Å²) >= 11 is 0. The van der Waals surface area contributed by atoms with Crippen LogP contribution in [0.15, 0.2) is 48.5 Å². The van der Waals surface area contributed by atoms with Gasteiger partial charge in [0.1, 0.15) is 12.3 Å². The van der Waals surface area contributed by atoms with Crippen LogP contribution in [0.3, 0.4) is 0 Å².